The van der Waals surface area contributed by atoms with Gasteiger partial charge >= 0.3 is 23.9 Å². The van der Waals surface area contributed by atoms with Crippen molar-refractivity contribution in [1.82, 2.24) is 0 Å². The summed E-state index contributed by atoms with van der Waals surface area (Å²) in [5, 5.41) is 4.29. The summed E-state index contributed by atoms with van der Waals surface area (Å²) in [6, 6.07) is 33.4. The summed E-state index contributed by atoms with van der Waals surface area (Å²) in [6.45, 7) is 8.89. The lowest BCUT2D eigenvalue weighted by atomic mass is 9.85. The Morgan fingerprint density at radius 2 is 1.09 bits per heavy atom. The maximum atomic E-state index is 14.9. The number of unbranched alkanes of at least 4 members (excludes halogenated alkanes) is 3. The van der Waals surface area contributed by atoms with Crippen LogP contribution in [0.2, 0.25) is 0 Å². The Morgan fingerprint density at radius 3 is 1.67 bits per heavy atom. The minimum absolute atomic E-state index is 0.0373. The van der Waals surface area contributed by atoms with Crippen LogP contribution in [0.1, 0.15) is 161 Å². The van der Waals surface area contributed by atoms with E-state index in [-0.39, 0.29) is 35.6 Å². The van der Waals surface area contributed by atoms with Crippen molar-refractivity contribution in [2.75, 3.05) is 26.4 Å². The van der Waals surface area contributed by atoms with Gasteiger partial charge in [-0.15, -0.1) is 0 Å². The zero-order chi connectivity index (χ0) is 60.5. The molecular formula is C67H87N3O16. The molecule has 8 unspecified atom stereocenters. The van der Waals surface area contributed by atoms with Crippen molar-refractivity contribution in [3.63, 3.8) is 0 Å². The molecular weight excluding hydrogens is 1100 g/mol. The maximum Gasteiger partial charge on any atom is 0.338 e. The molecule has 466 valence electrons. The summed E-state index contributed by atoms with van der Waals surface area (Å²) in [6.07, 6.45) is -3.61. The lowest BCUT2D eigenvalue weighted by Gasteiger charge is -2.49. The highest BCUT2D eigenvalue weighted by molar-refractivity contribution is 5.90. The first kappa shape index (κ1) is 65.7. The fraction of sp³-hybridized carbons (Fsp3) is 0.582. The molecule has 2 aliphatic carbocycles. The molecule has 0 N–H and O–H groups in total. The van der Waals surface area contributed by atoms with Gasteiger partial charge in [-0.2, -0.15) is 0 Å². The first-order valence-electron chi connectivity index (χ1n) is 31.2. The van der Waals surface area contributed by atoms with Crippen LogP contribution in [0, 0.1) is 5.92 Å². The Balaban J connectivity index is 1.23. The monoisotopic (exact) mass is 1190 g/mol. The molecule has 4 fully saturated rings. The zero-order valence-electron chi connectivity index (χ0n) is 50.2. The predicted octanol–water partition coefficient (Wildman–Crippen LogP) is 12.4. The van der Waals surface area contributed by atoms with Gasteiger partial charge in [0.25, 0.3) is 0 Å². The third-order valence-electron chi connectivity index (χ3n) is 16.3. The summed E-state index contributed by atoms with van der Waals surface area (Å²) < 4.78 is 80.4. The third-order valence-corrected chi connectivity index (χ3v) is 16.3. The molecule has 4 aromatic carbocycles. The smallest absolute Gasteiger partial charge is 0.338 e. The number of ether oxygens (including phenoxy) is 12. The van der Waals surface area contributed by atoms with E-state index < -0.39 is 116 Å². The highest BCUT2D eigenvalue weighted by Crippen LogP contribution is 2.39. The molecule has 14 atom stereocenters. The maximum absolute atomic E-state index is 14.9. The van der Waals surface area contributed by atoms with Crippen molar-refractivity contribution in [3.05, 3.63) is 154 Å². The Morgan fingerprint density at radius 1 is 0.558 bits per heavy atom. The second-order valence-electron chi connectivity index (χ2n) is 22.7. The molecule has 0 amide bonds. The van der Waals surface area contributed by atoms with E-state index in [2.05, 4.69) is 30.8 Å². The Bertz CT molecular complexity index is 2700. The van der Waals surface area contributed by atoms with Crippen LogP contribution in [0.4, 0.5) is 0 Å². The molecule has 19 nitrogen and oxygen atoms in total. The van der Waals surface area contributed by atoms with Crippen molar-refractivity contribution >= 4 is 23.9 Å². The van der Waals surface area contributed by atoms with Gasteiger partial charge < -0.3 is 56.8 Å². The number of hydrogen-bond acceptors (Lipinski definition) is 17. The average Bonchev–Trinajstić information content (AvgIpc) is 1.18. The van der Waals surface area contributed by atoms with Crippen LogP contribution in [-0.4, -0.2) is 136 Å². The Labute approximate surface area is 505 Å². The first-order chi connectivity index (χ1) is 42.1. The van der Waals surface area contributed by atoms with E-state index in [1.807, 2.05) is 37.3 Å². The van der Waals surface area contributed by atoms with Gasteiger partial charge in [0, 0.05) is 24.7 Å². The molecule has 0 aromatic heterocycles. The highest BCUT2D eigenvalue weighted by atomic mass is 16.8. The number of carbonyl (C=O) groups excluding carboxylic acids is 4. The van der Waals surface area contributed by atoms with Crippen molar-refractivity contribution in [3.8, 4) is 0 Å². The fourth-order valence-corrected chi connectivity index (χ4v) is 11.6. The molecule has 4 aliphatic rings. The second-order valence-corrected chi connectivity index (χ2v) is 22.7. The van der Waals surface area contributed by atoms with Crippen LogP contribution >= 0.6 is 0 Å². The van der Waals surface area contributed by atoms with E-state index in [4.69, 9.17) is 56.8 Å². The number of benzene rings is 4. The SMILES string of the molecule is CCCCOC1C(OCCCC)[C@H](OCCCC)C(C)O[C@H]1OC1[C@H](N=[N+]=[N-])CCC[C@H]1OC1OC(COC(=O)c2ccccc2)C(OC(=O)c2ccccc2)[C@H](O[C@@H](CC2CCCCC2)C(=O)OCc2ccccc2)C1OC(=O)c1ccccc1. The number of hydrogen-bond donors (Lipinski definition) is 0. The molecule has 8 rings (SSSR count). The van der Waals surface area contributed by atoms with Gasteiger partial charge in [-0.3, -0.25) is 0 Å². The fourth-order valence-electron chi connectivity index (χ4n) is 11.6. The standard InChI is InChI=1S/C67H87N3O16/c1-5-8-39-75-55-45(4)80-66(60(77-41-10-7-3)58(55)76-40-9-6-2)86-56-51(69-70-68)37-26-38-52(56)82-67-61(85-64(73)50-35-24-15-25-36-50)59(81-53(42-46-27-16-11-17-28-46)65(74)78-43-47-29-18-12-19-30-47)57(84-63(72)49-33-22-14-23-34-49)54(83-67)44-79-62(71)48-31-20-13-21-32-48/h12-15,18-25,29-36,45-46,51-61,66-67H,5-11,16-17,26-28,37-44H2,1-4H3/t45?,51-,52-,53+,54?,55-,56?,57?,58?,59+,60?,61?,66+,67?/m1/s1. The Kier molecular flexibility index (Phi) is 26.7. The van der Waals surface area contributed by atoms with Gasteiger partial charge in [0.05, 0.1) is 41.0 Å². The number of azide groups is 1. The highest BCUT2D eigenvalue weighted by Gasteiger charge is 2.56. The van der Waals surface area contributed by atoms with Gasteiger partial charge in [0.1, 0.15) is 43.7 Å². The van der Waals surface area contributed by atoms with Crippen molar-refractivity contribution in [1.29, 1.82) is 0 Å². The number of nitrogens with zero attached hydrogens (tertiary/aromatic N) is 3. The lowest BCUT2D eigenvalue weighted by Crippen LogP contribution is -2.65. The molecule has 2 saturated heterocycles. The minimum Gasteiger partial charge on any atom is -0.459 e. The van der Waals surface area contributed by atoms with Crippen molar-refractivity contribution in [2.45, 2.75) is 216 Å². The molecule has 0 radical (unpaired) electrons. The van der Waals surface area contributed by atoms with Crippen LogP contribution in [0.15, 0.2) is 126 Å². The summed E-state index contributed by atoms with van der Waals surface area (Å²) in [4.78, 5) is 61.5. The van der Waals surface area contributed by atoms with E-state index in [0.717, 1.165) is 76.2 Å². The van der Waals surface area contributed by atoms with Crippen LogP contribution in [-0.2, 0) is 68.2 Å². The van der Waals surface area contributed by atoms with Crippen LogP contribution in [0.5, 0.6) is 0 Å². The summed E-state index contributed by atoms with van der Waals surface area (Å²) in [5.74, 6) is -2.98. The zero-order valence-corrected chi connectivity index (χ0v) is 50.2. The molecule has 19 heteroatoms. The number of rotatable bonds is 31. The topological polar surface area (TPSA) is 228 Å². The summed E-state index contributed by atoms with van der Waals surface area (Å²) in [5.41, 5.74) is 11.5. The van der Waals surface area contributed by atoms with Gasteiger partial charge in [-0.1, -0.05) is 169 Å². The van der Waals surface area contributed by atoms with E-state index >= 15 is 0 Å². The molecule has 0 bridgehead atoms. The molecule has 2 aliphatic heterocycles. The number of esters is 4. The van der Waals surface area contributed by atoms with E-state index in [1.54, 1.807) is 91.0 Å². The minimum atomic E-state index is -1.64. The molecule has 0 spiro atoms. The largest absolute Gasteiger partial charge is 0.459 e. The normalized spacial score (nSPS) is 27.2. The molecule has 2 saturated carbocycles. The summed E-state index contributed by atoms with van der Waals surface area (Å²) in [7, 11) is 0. The average molecular weight is 1190 g/mol. The third kappa shape index (κ3) is 18.9. The van der Waals surface area contributed by atoms with Gasteiger partial charge in [-0.05, 0) is 98.9 Å². The van der Waals surface area contributed by atoms with E-state index in [9.17, 15) is 24.7 Å². The molecule has 2 heterocycles. The Hall–Kier alpha value is -6.25. The van der Waals surface area contributed by atoms with E-state index in [0.29, 0.717) is 39.1 Å². The predicted molar refractivity (Wildman–Crippen MR) is 318 cm³/mol. The first-order valence-corrected chi connectivity index (χ1v) is 31.2. The van der Waals surface area contributed by atoms with Crippen LogP contribution < -0.4 is 0 Å². The molecule has 86 heavy (non-hydrogen) atoms. The number of carbonyl (C=O) groups is 4. The quantitative estimate of drug-likeness (QED) is 0.0114. The van der Waals surface area contributed by atoms with Crippen LogP contribution in [0.3, 0.4) is 0 Å². The lowest BCUT2D eigenvalue weighted by molar-refractivity contribution is -0.351. The van der Waals surface area contributed by atoms with Gasteiger partial charge in [0.15, 0.2) is 30.9 Å². The van der Waals surface area contributed by atoms with Crippen LogP contribution in [0.25, 0.3) is 10.4 Å². The van der Waals surface area contributed by atoms with Gasteiger partial charge in [0.2, 0.25) is 0 Å². The van der Waals surface area contributed by atoms with Crippen molar-refractivity contribution in [2.24, 2.45) is 11.0 Å². The van der Waals surface area contributed by atoms with Gasteiger partial charge in [-0.25, -0.2) is 19.2 Å². The molecule has 4 aromatic rings. The van der Waals surface area contributed by atoms with E-state index in [1.165, 1.54) is 0 Å². The second kappa shape index (κ2) is 34.9. The summed E-state index contributed by atoms with van der Waals surface area (Å²) >= 11 is 0. The van der Waals surface area contributed by atoms with Crippen molar-refractivity contribution < 1.29 is 76.0 Å².